The molecule has 0 aliphatic rings. The first-order chi connectivity index (χ1) is 10.0. The highest BCUT2D eigenvalue weighted by molar-refractivity contribution is 5.33. The Labute approximate surface area is 128 Å². The molecule has 0 aliphatic carbocycles. The van der Waals surface area contributed by atoms with Crippen molar-refractivity contribution in [3.05, 3.63) is 24.3 Å². The van der Waals surface area contributed by atoms with Crippen molar-refractivity contribution >= 4 is 0 Å². The summed E-state index contributed by atoms with van der Waals surface area (Å²) in [4.78, 5) is 0. The fourth-order valence-electron chi connectivity index (χ4n) is 2.34. The van der Waals surface area contributed by atoms with Gasteiger partial charge in [0, 0.05) is 12.6 Å². The lowest BCUT2D eigenvalue weighted by atomic mass is 9.94. The zero-order valence-corrected chi connectivity index (χ0v) is 13.5. The van der Waals surface area contributed by atoms with Crippen LogP contribution in [0.5, 0.6) is 11.5 Å². The van der Waals surface area contributed by atoms with E-state index in [4.69, 9.17) is 15.2 Å². The van der Waals surface area contributed by atoms with Gasteiger partial charge in [-0.15, -0.1) is 0 Å². The molecule has 0 aromatic heterocycles. The summed E-state index contributed by atoms with van der Waals surface area (Å²) in [7, 11) is 0. The number of rotatable bonds is 10. The third kappa shape index (κ3) is 6.36. The molecule has 0 spiro atoms. The Hall–Kier alpha value is -1.26. The van der Waals surface area contributed by atoms with Gasteiger partial charge in [0.2, 0.25) is 0 Å². The Bertz CT molecular complexity index is 403. The quantitative estimate of drug-likeness (QED) is 0.696. The highest BCUT2D eigenvalue weighted by Crippen LogP contribution is 2.24. The van der Waals surface area contributed by atoms with Crippen LogP contribution in [0.1, 0.15) is 46.5 Å². The van der Waals surface area contributed by atoms with E-state index >= 15 is 0 Å². The van der Waals surface area contributed by atoms with Crippen molar-refractivity contribution in [2.24, 2.45) is 5.73 Å². The van der Waals surface area contributed by atoms with Crippen LogP contribution in [0, 0.1) is 0 Å². The van der Waals surface area contributed by atoms with Crippen LogP contribution in [0.2, 0.25) is 0 Å². The molecule has 0 saturated carbocycles. The van der Waals surface area contributed by atoms with Crippen molar-refractivity contribution in [2.75, 3.05) is 13.2 Å². The van der Waals surface area contributed by atoms with Crippen LogP contribution in [-0.4, -0.2) is 30.0 Å². The second kappa shape index (κ2) is 8.90. The minimum atomic E-state index is -0.745. The molecule has 0 aliphatic heterocycles. The first-order valence-electron chi connectivity index (χ1n) is 7.85. The number of ether oxygens (including phenoxy) is 2. The average molecular weight is 295 g/mol. The van der Waals surface area contributed by atoms with E-state index in [2.05, 4.69) is 13.8 Å². The first kappa shape index (κ1) is 17.8. The van der Waals surface area contributed by atoms with E-state index in [-0.39, 0.29) is 6.10 Å². The average Bonchev–Trinajstić information content (AvgIpc) is 2.46. The van der Waals surface area contributed by atoms with Gasteiger partial charge in [-0.1, -0.05) is 32.8 Å². The monoisotopic (exact) mass is 295 g/mol. The van der Waals surface area contributed by atoms with E-state index in [0.717, 1.165) is 31.4 Å². The Kier molecular flexibility index (Phi) is 7.54. The number of hydrogen-bond donors (Lipinski definition) is 2. The normalized spacial score (nSPS) is 13.0. The maximum Gasteiger partial charge on any atom is 0.123 e. The molecule has 0 saturated heterocycles. The number of benzene rings is 1. The second-order valence-electron chi connectivity index (χ2n) is 5.65. The minimum Gasteiger partial charge on any atom is -0.490 e. The van der Waals surface area contributed by atoms with Crippen molar-refractivity contribution in [1.29, 1.82) is 0 Å². The van der Waals surface area contributed by atoms with Gasteiger partial charge in [0.15, 0.2) is 0 Å². The van der Waals surface area contributed by atoms with Gasteiger partial charge in [-0.2, -0.15) is 0 Å². The van der Waals surface area contributed by atoms with Crippen molar-refractivity contribution in [1.82, 2.24) is 0 Å². The highest BCUT2D eigenvalue weighted by atomic mass is 16.5. The van der Waals surface area contributed by atoms with Gasteiger partial charge >= 0.3 is 0 Å². The zero-order valence-electron chi connectivity index (χ0n) is 13.5. The molecule has 1 rings (SSSR count). The summed E-state index contributed by atoms with van der Waals surface area (Å²) in [5.41, 5.74) is 4.81. The largest absolute Gasteiger partial charge is 0.490 e. The molecule has 0 unspecified atom stereocenters. The summed E-state index contributed by atoms with van der Waals surface area (Å²) in [5, 5.41) is 10.6. The van der Waals surface area contributed by atoms with Gasteiger partial charge in [-0.3, -0.25) is 0 Å². The van der Waals surface area contributed by atoms with Crippen LogP contribution in [0.25, 0.3) is 0 Å². The van der Waals surface area contributed by atoms with Crippen LogP contribution in [0.4, 0.5) is 0 Å². The van der Waals surface area contributed by atoms with Gasteiger partial charge in [0.25, 0.3) is 0 Å². The number of nitrogens with two attached hydrogens (primary N) is 1. The minimum absolute atomic E-state index is 0.0302. The van der Waals surface area contributed by atoms with Crippen LogP contribution in [-0.2, 0) is 0 Å². The molecular formula is C17H29NO3. The molecular weight excluding hydrogens is 266 g/mol. The lowest BCUT2D eigenvalue weighted by molar-refractivity contribution is -0.0203. The molecule has 1 aromatic rings. The standard InChI is InChI=1S/C17H29NO3/c1-4-9-17(19,10-5-2)13-20-15-7-6-8-16(11-15)21-14(3)12-18/h6-8,11,14,19H,4-5,9-10,12-13,18H2,1-3H3/t14-/m0/s1. The van der Waals surface area contributed by atoms with E-state index in [1.165, 1.54) is 0 Å². The molecule has 0 amide bonds. The molecule has 0 fully saturated rings. The first-order valence-corrected chi connectivity index (χ1v) is 7.85. The van der Waals surface area contributed by atoms with Crippen LogP contribution >= 0.6 is 0 Å². The lowest BCUT2D eigenvalue weighted by Gasteiger charge is -2.27. The van der Waals surface area contributed by atoms with Crippen molar-refractivity contribution in [3.8, 4) is 11.5 Å². The van der Waals surface area contributed by atoms with E-state index in [9.17, 15) is 5.11 Å². The smallest absolute Gasteiger partial charge is 0.123 e. The van der Waals surface area contributed by atoms with E-state index < -0.39 is 5.60 Å². The molecule has 120 valence electrons. The molecule has 0 bridgehead atoms. The summed E-state index contributed by atoms with van der Waals surface area (Å²) in [6, 6.07) is 7.47. The predicted molar refractivity (Wildman–Crippen MR) is 85.8 cm³/mol. The predicted octanol–water partition coefficient (Wildman–Crippen LogP) is 3.12. The summed E-state index contributed by atoms with van der Waals surface area (Å²) in [6.45, 7) is 6.85. The molecule has 0 radical (unpaired) electrons. The van der Waals surface area contributed by atoms with Gasteiger partial charge < -0.3 is 20.3 Å². The van der Waals surface area contributed by atoms with Crippen LogP contribution in [0.3, 0.4) is 0 Å². The maximum absolute atomic E-state index is 10.6. The second-order valence-corrected chi connectivity index (χ2v) is 5.65. The summed E-state index contributed by atoms with van der Waals surface area (Å²) in [6.07, 6.45) is 3.36. The van der Waals surface area contributed by atoms with Crippen molar-refractivity contribution in [3.63, 3.8) is 0 Å². The Morgan fingerprint density at radius 1 is 1.19 bits per heavy atom. The van der Waals surface area contributed by atoms with E-state index in [0.29, 0.717) is 18.9 Å². The summed E-state index contributed by atoms with van der Waals surface area (Å²) >= 11 is 0. The fraction of sp³-hybridized carbons (Fsp3) is 0.647. The third-order valence-corrected chi connectivity index (χ3v) is 3.41. The van der Waals surface area contributed by atoms with Gasteiger partial charge in [0.05, 0.1) is 5.60 Å². The van der Waals surface area contributed by atoms with E-state index in [1.807, 2.05) is 31.2 Å². The van der Waals surface area contributed by atoms with Crippen LogP contribution < -0.4 is 15.2 Å². The Balaban J connectivity index is 2.63. The molecule has 21 heavy (non-hydrogen) atoms. The summed E-state index contributed by atoms with van der Waals surface area (Å²) in [5.74, 6) is 1.45. The number of hydrogen-bond acceptors (Lipinski definition) is 4. The Morgan fingerprint density at radius 2 is 1.81 bits per heavy atom. The molecule has 3 N–H and O–H groups in total. The van der Waals surface area contributed by atoms with Gasteiger partial charge in [0.1, 0.15) is 24.2 Å². The maximum atomic E-state index is 10.6. The third-order valence-electron chi connectivity index (χ3n) is 3.41. The van der Waals surface area contributed by atoms with E-state index in [1.54, 1.807) is 0 Å². The molecule has 4 nitrogen and oxygen atoms in total. The van der Waals surface area contributed by atoms with Crippen LogP contribution in [0.15, 0.2) is 24.3 Å². The fourth-order valence-corrected chi connectivity index (χ4v) is 2.34. The van der Waals surface area contributed by atoms with Crippen molar-refractivity contribution < 1.29 is 14.6 Å². The SMILES string of the molecule is CCCC(O)(CCC)COc1cccc(O[C@@H](C)CN)c1. The molecule has 1 atom stereocenters. The topological polar surface area (TPSA) is 64.7 Å². The molecule has 4 heteroatoms. The summed E-state index contributed by atoms with van der Waals surface area (Å²) < 4.78 is 11.4. The lowest BCUT2D eigenvalue weighted by Crippen LogP contribution is -2.35. The molecule has 0 heterocycles. The Morgan fingerprint density at radius 3 is 2.38 bits per heavy atom. The number of aliphatic hydroxyl groups is 1. The van der Waals surface area contributed by atoms with Gasteiger partial charge in [-0.25, -0.2) is 0 Å². The van der Waals surface area contributed by atoms with Crippen molar-refractivity contribution in [2.45, 2.75) is 58.2 Å². The zero-order chi connectivity index (χ0) is 15.7. The molecule has 1 aromatic carbocycles. The highest BCUT2D eigenvalue weighted by Gasteiger charge is 2.25. The van der Waals surface area contributed by atoms with Gasteiger partial charge in [-0.05, 0) is 31.9 Å².